The van der Waals surface area contributed by atoms with Crippen molar-refractivity contribution in [2.75, 3.05) is 18.0 Å². The maximum absolute atomic E-state index is 13.2. The van der Waals surface area contributed by atoms with Crippen LogP contribution in [-0.4, -0.2) is 52.0 Å². The highest BCUT2D eigenvalue weighted by Crippen LogP contribution is 2.29. The summed E-state index contributed by atoms with van der Waals surface area (Å²) in [6, 6.07) is 5.91. The number of carbonyl (C=O) groups excluding carboxylic acids is 2. The zero-order valence-corrected chi connectivity index (χ0v) is 14.6. The molecule has 28 heavy (non-hydrogen) atoms. The molecule has 0 unspecified atom stereocenters. The molecule has 2 aromatic rings. The van der Waals surface area contributed by atoms with Crippen LogP contribution in [0.3, 0.4) is 0 Å². The fraction of sp³-hybridized carbons (Fsp3) is 0.333. The van der Waals surface area contributed by atoms with Crippen molar-refractivity contribution in [2.24, 2.45) is 0 Å². The van der Waals surface area contributed by atoms with Crippen molar-refractivity contribution < 1.29 is 27.2 Å². The van der Waals surface area contributed by atoms with Gasteiger partial charge in [-0.05, 0) is 37.1 Å². The lowest BCUT2D eigenvalue weighted by Gasteiger charge is -2.38. The fourth-order valence-electron chi connectivity index (χ4n) is 3.14. The van der Waals surface area contributed by atoms with Crippen LogP contribution < -0.4 is 4.90 Å². The van der Waals surface area contributed by atoms with Crippen LogP contribution in [0, 0.1) is 5.95 Å². The Morgan fingerprint density at radius 3 is 2.39 bits per heavy atom. The summed E-state index contributed by atoms with van der Waals surface area (Å²) in [7, 11) is 0. The summed E-state index contributed by atoms with van der Waals surface area (Å²) in [5, 5.41) is 0. The average Bonchev–Trinajstić information content (AvgIpc) is 2.68. The van der Waals surface area contributed by atoms with Gasteiger partial charge in [-0.15, -0.1) is 0 Å². The number of amides is 2. The second-order valence-corrected chi connectivity index (χ2v) is 6.25. The number of likely N-dealkylation sites (tertiary alicyclic amines) is 1. The third-order valence-electron chi connectivity index (χ3n) is 4.44. The van der Waals surface area contributed by atoms with Crippen molar-refractivity contribution in [2.45, 2.75) is 25.1 Å². The molecule has 6 nitrogen and oxygen atoms in total. The molecule has 0 atom stereocenters. The van der Waals surface area contributed by atoms with Crippen LogP contribution in [0.1, 0.15) is 23.3 Å². The summed E-state index contributed by atoms with van der Waals surface area (Å²) in [5.41, 5.74) is -0.0321. The van der Waals surface area contributed by atoms with E-state index in [9.17, 15) is 27.2 Å². The quantitative estimate of drug-likeness (QED) is 0.591. The summed E-state index contributed by atoms with van der Waals surface area (Å²) < 4.78 is 52.5. The van der Waals surface area contributed by atoms with Crippen molar-refractivity contribution in [3.8, 4) is 0 Å². The first-order chi connectivity index (χ1) is 13.3. The van der Waals surface area contributed by atoms with E-state index in [0.29, 0.717) is 4.90 Å². The first kappa shape index (κ1) is 19.7. The Labute approximate surface area is 157 Å². The number of hydrogen-bond donors (Lipinski definition) is 0. The largest absolute Gasteiger partial charge is 0.471 e. The molecular weight excluding hydrogens is 380 g/mol. The maximum Gasteiger partial charge on any atom is 0.471 e. The van der Waals surface area contributed by atoms with Crippen LogP contribution in [0.15, 0.2) is 42.7 Å². The Hall–Kier alpha value is -3.04. The van der Waals surface area contributed by atoms with Crippen LogP contribution in [0.4, 0.5) is 23.2 Å². The van der Waals surface area contributed by atoms with E-state index in [0.717, 1.165) is 6.07 Å². The number of carbonyl (C=O) groups is 2. The van der Waals surface area contributed by atoms with Gasteiger partial charge in [-0.1, -0.05) is 6.07 Å². The van der Waals surface area contributed by atoms with Crippen molar-refractivity contribution in [3.05, 3.63) is 54.4 Å². The summed E-state index contributed by atoms with van der Waals surface area (Å²) in [5.74, 6) is -3.27. The third-order valence-corrected chi connectivity index (χ3v) is 4.44. The smallest absolute Gasteiger partial charge is 0.337 e. The highest BCUT2D eigenvalue weighted by Gasteiger charge is 2.46. The molecule has 148 valence electrons. The number of pyridine rings is 2. The first-order valence-electron chi connectivity index (χ1n) is 8.49. The van der Waals surface area contributed by atoms with Gasteiger partial charge in [0.25, 0.3) is 5.91 Å². The second kappa shape index (κ2) is 7.91. The molecule has 3 rings (SSSR count). The van der Waals surface area contributed by atoms with Gasteiger partial charge < -0.3 is 4.90 Å². The SMILES string of the molecule is O=C(c1cccc(F)n1)N1CCC(N(C(=O)C(F)(F)F)c2cccnc2)CC1. The van der Waals surface area contributed by atoms with Gasteiger partial charge in [0.05, 0.1) is 11.9 Å². The number of anilines is 1. The van der Waals surface area contributed by atoms with E-state index in [1.165, 1.54) is 41.6 Å². The molecule has 1 fully saturated rings. The zero-order valence-electron chi connectivity index (χ0n) is 14.6. The van der Waals surface area contributed by atoms with Gasteiger partial charge in [0.15, 0.2) is 0 Å². The zero-order chi connectivity index (χ0) is 20.3. The van der Waals surface area contributed by atoms with E-state index in [-0.39, 0.29) is 37.3 Å². The number of hydrogen-bond acceptors (Lipinski definition) is 4. The number of alkyl halides is 3. The van der Waals surface area contributed by atoms with Crippen LogP contribution >= 0.6 is 0 Å². The Morgan fingerprint density at radius 2 is 1.82 bits per heavy atom. The highest BCUT2D eigenvalue weighted by atomic mass is 19.4. The number of piperidine rings is 1. The highest BCUT2D eigenvalue weighted by molar-refractivity contribution is 5.98. The summed E-state index contributed by atoms with van der Waals surface area (Å²) in [4.78, 5) is 33.8. The van der Waals surface area contributed by atoms with E-state index >= 15 is 0 Å². The second-order valence-electron chi connectivity index (χ2n) is 6.25. The minimum absolute atomic E-state index is 0.0430. The lowest BCUT2D eigenvalue weighted by Crippen LogP contribution is -2.52. The third kappa shape index (κ3) is 4.26. The van der Waals surface area contributed by atoms with Crippen LogP contribution in [0.5, 0.6) is 0 Å². The predicted molar refractivity (Wildman–Crippen MR) is 90.9 cm³/mol. The summed E-state index contributed by atoms with van der Waals surface area (Å²) in [6.45, 7) is 0.229. The van der Waals surface area contributed by atoms with Crippen molar-refractivity contribution in [3.63, 3.8) is 0 Å². The lowest BCUT2D eigenvalue weighted by atomic mass is 10.0. The molecule has 2 amide bonds. The molecule has 2 aromatic heterocycles. The van der Waals surface area contributed by atoms with Gasteiger partial charge in [-0.2, -0.15) is 17.6 Å². The number of nitrogens with zero attached hydrogens (tertiary/aromatic N) is 4. The molecule has 0 spiro atoms. The van der Waals surface area contributed by atoms with E-state index < -0.39 is 30.0 Å². The van der Waals surface area contributed by atoms with Crippen LogP contribution in [0.2, 0.25) is 0 Å². The van der Waals surface area contributed by atoms with Gasteiger partial charge in [-0.25, -0.2) is 4.98 Å². The topological polar surface area (TPSA) is 66.4 Å². The van der Waals surface area contributed by atoms with E-state index in [1.54, 1.807) is 0 Å². The Kier molecular flexibility index (Phi) is 5.57. The van der Waals surface area contributed by atoms with Gasteiger partial charge in [0.2, 0.25) is 5.95 Å². The molecule has 1 aliphatic heterocycles. The Bertz CT molecular complexity index is 852. The van der Waals surface area contributed by atoms with E-state index in [4.69, 9.17) is 0 Å². The Balaban J connectivity index is 1.75. The van der Waals surface area contributed by atoms with Gasteiger partial charge in [0, 0.05) is 25.3 Å². The molecule has 1 aliphatic rings. The van der Waals surface area contributed by atoms with Crippen LogP contribution in [-0.2, 0) is 4.79 Å². The molecule has 1 saturated heterocycles. The normalized spacial score (nSPS) is 15.4. The molecular formula is C18H16F4N4O2. The molecule has 0 saturated carbocycles. The molecule has 3 heterocycles. The number of rotatable bonds is 3. The van der Waals surface area contributed by atoms with Crippen molar-refractivity contribution >= 4 is 17.5 Å². The van der Waals surface area contributed by atoms with Crippen LogP contribution in [0.25, 0.3) is 0 Å². The van der Waals surface area contributed by atoms with E-state index in [2.05, 4.69) is 9.97 Å². The molecule has 0 radical (unpaired) electrons. The minimum atomic E-state index is -5.03. The number of aromatic nitrogens is 2. The molecule has 0 bridgehead atoms. The predicted octanol–water partition coefficient (Wildman–Crippen LogP) is 2.82. The fourth-order valence-corrected chi connectivity index (χ4v) is 3.14. The lowest BCUT2D eigenvalue weighted by molar-refractivity contribution is -0.171. The molecule has 0 aromatic carbocycles. The van der Waals surface area contributed by atoms with Crippen molar-refractivity contribution in [1.29, 1.82) is 0 Å². The summed E-state index contributed by atoms with van der Waals surface area (Å²) in [6.07, 6.45) is -2.17. The van der Waals surface area contributed by atoms with E-state index in [1.807, 2.05) is 0 Å². The molecule has 0 N–H and O–H groups in total. The number of halogens is 4. The monoisotopic (exact) mass is 396 g/mol. The maximum atomic E-state index is 13.2. The summed E-state index contributed by atoms with van der Waals surface area (Å²) >= 11 is 0. The van der Waals surface area contributed by atoms with Crippen molar-refractivity contribution in [1.82, 2.24) is 14.9 Å². The Morgan fingerprint density at radius 1 is 1.11 bits per heavy atom. The van der Waals surface area contributed by atoms with Gasteiger partial charge in [-0.3, -0.25) is 19.5 Å². The molecule has 10 heteroatoms. The first-order valence-corrected chi connectivity index (χ1v) is 8.49. The minimum Gasteiger partial charge on any atom is -0.337 e. The standard InChI is InChI=1S/C18H16F4N4O2/c19-15-5-1-4-14(24-15)16(27)25-9-6-12(7-10-25)26(17(28)18(20,21)22)13-3-2-8-23-11-13/h1-5,8,11-12H,6-7,9-10H2. The average molecular weight is 396 g/mol. The molecule has 0 aliphatic carbocycles. The van der Waals surface area contributed by atoms with Gasteiger partial charge in [0.1, 0.15) is 5.69 Å². The van der Waals surface area contributed by atoms with Gasteiger partial charge >= 0.3 is 12.1 Å².